The van der Waals surface area contributed by atoms with E-state index in [9.17, 15) is 0 Å². The third kappa shape index (κ3) is 17.3. The van der Waals surface area contributed by atoms with Crippen LogP contribution < -0.4 is 5.73 Å². The first-order chi connectivity index (χ1) is 11.0. The molecule has 0 bridgehead atoms. The number of rotatable bonds is 17. The molecule has 1 unspecified atom stereocenters. The van der Waals surface area contributed by atoms with Crippen LogP contribution >= 0.6 is 17.0 Å². The SMILES string of the molecule is Br.CCCCCCCCCCCCCCCCC(CC)C(C)(C)N. The zero-order chi connectivity index (χ0) is 17.4. The van der Waals surface area contributed by atoms with Crippen molar-refractivity contribution in [3.05, 3.63) is 0 Å². The van der Waals surface area contributed by atoms with Crippen LogP contribution in [0, 0.1) is 5.92 Å². The number of unbranched alkanes of at least 4 members (excludes halogenated alkanes) is 13. The van der Waals surface area contributed by atoms with Gasteiger partial charge in [-0.05, 0) is 26.2 Å². The molecule has 24 heavy (non-hydrogen) atoms. The molecule has 0 saturated carbocycles. The van der Waals surface area contributed by atoms with E-state index in [1.807, 2.05) is 0 Å². The average Bonchev–Trinajstić information content (AvgIpc) is 2.50. The first-order valence-corrected chi connectivity index (χ1v) is 10.8. The van der Waals surface area contributed by atoms with Crippen molar-refractivity contribution >= 4 is 17.0 Å². The Bertz CT molecular complexity index is 235. The highest BCUT2D eigenvalue weighted by Gasteiger charge is 2.22. The fraction of sp³-hybridized carbons (Fsp3) is 1.00. The molecule has 148 valence electrons. The predicted molar refractivity (Wildman–Crippen MR) is 117 cm³/mol. The lowest BCUT2D eigenvalue weighted by Crippen LogP contribution is -2.40. The second-order valence-corrected chi connectivity index (χ2v) is 8.31. The number of hydrogen-bond donors (Lipinski definition) is 1. The molecule has 0 amide bonds. The number of hydrogen-bond acceptors (Lipinski definition) is 1. The molecule has 0 radical (unpaired) electrons. The van der Waals surface area contributed by atoms with Crippen LogP contribution in [0.3, 0.4) is 0 Å². The lowest BCUT2D eigenvalue weighted by atomic mass is 9.82. The molecular weight excluding hydrogens is 358 g/mol. The van der Waals surface area contributed by atoms with Crippen molar-refractivity contribution < 1.29 is 0 Å². The van der Waals surface area contributed by atoms with Crippen molar-refractivity contribution in [1.82, 2.24) is 0 Å². The fourth-order valence-corrected chi connectivity index (χ4v) is 3.69. The van der Waals surface area contributed by atoms with Crippen molar-refractivity contribution in [2.75, 3.05) is 0 Å². The van der Waals surface area contributed by atoms with Crippen LogP contribution in [0.2, 0.25) is 0 Å². The van der Waals surface area contributed by atoms with Crippen LogP contribution in [0.1, 0.15) is 130 Å². The maximum atomic E-state index is 6.24. The summed E-state index contributed by atoms with van der Waals surface area (Å²) in [6.07, 6.45) is 22.7. The second kappa shape index (κ2) is 18.2. The van der Waals surface area contributed by atoms with Crippen LogP contribution in [-0.2, 0) is 0 Å². The van der Waals surface area contributed by atoms with Gasteiger partial charge in [0, 0.05) is 5.54 Å². The van der Waals surface area contributed by atoms with Gasteiger partial charge in [-0.2, -0.15) is 0 Å². The van der Waals surface area contributed by atoms with Gasteiger partial charge in [0.05, 0.1) is 0 Å². The maximum absolute atomic E-state index is 6.24. The molecule has 0 aliphatic heterocycles. The largest absolute Gasteiger partial charge is 0.325 e. The summed E-state index contributed by atoms with van der Waals surface area (Å²) in [4.78, 5) is 0. The zero-order valence-electron chi connectivity index (χ0n) is 17.4. The Hall–Kier alpha value is 0.440. The van der Waals surface area contributed by atoms with E-state index in [1.54, 1.807) is 0 Å². The number of nitrogens with two attached hydrogens (primary N) is 1. The van der Waals surface area contributed by atoms with Gasteiger partial charge in [0.25, 0.3) is 0 Å². The molecule has 0 heterocycles. The summed E-state index contributed by atoms with van der Waals surface area (Å²) >= 11 is 0. The molecule has 0 saturated heterocycles. The molecule has 0 aromatic carbocycles. The molecule has 0 rings (SSSR count). The molecule has 0 aromatic rings. The molecule has 2 heteroatoms. The molecular formula is C22H48BrN. The lowest BCUT2D eigenvalue weighted by Gasteiger charge is -2.29. The summed E-state index contributed by atoms with van der Waals surface area (Å²) in [5, 5.41) is 0. The van der Waals surface area contributed by atoms with Gasteiger partial charge in [0.2, 0.25) is 0 Å². The number of halogens is 1. The first-order valence-electron chi connectivity index (χ1n) is 10.8. The normalized spacial score (nSPS) is 12.9. The van der Waals surface area contributed by atoms with Gasteiger partial charge in [-0.1, -0.05) is 110 Å². The van der Waals surface area contributed by atoms with Crippen LogP contribution in [0.5, 0.6) is 0 Å². The van der Waals surface area contributed by atoms with E-state index < -0.39 is 0 Å². The summed E-state index contributed by atoms with van der Waals surface area (Å²) in [7, 11) is 0. The Morgan fingerprint density at radius 1 is 0.625 bits per heavy atom. The van der Waals surface area contributed by atoms with E-state index in [0.717, 1.165) is 0 Å². The molecule has 0 spiro atoms. The first kappa shape index (κ1) is 26.7. The van der Waals surface area contributed by atoms with Crippen LogP contribution in [0.15, 0.2) is 0 Å². The quantitative estimate of drug-likeness (QED) is 0.242. The summed E-state index contributed by atoms with van der Waals surface area (Å²) < 4.78 is 0. The monoisotopic (exact) mass is 405 g/mol. The Balaban J connectivity index is 0. The minimum Gasteiger partial charge on any atom is -0.325 e. The standard InChI is InChI=1S/C22H47N.BrH/c1-5-7-8-9-10-11-12-13-14-15-16-17-18-19-20-21(6-2)22(3,4)23;/h21H,5-20,23H2,1-4H3;1H. The van der Waals surface area contributed by atoms with Crippen molar-refractivity contribution in [2.24, 2.45) is 11.7 Å². The summed E-state index contributed by atoms with van der Waals surface area (Å²) in [5.74, 6) is 0.694. The highest BCUT2D eigenvalue weighted by Crippen LogP contribution is 2.24. The summed E-state index contributed by atoms with van der Waals surface area (Å²) in [6, 6.07) is 0. The van der Waals surface area contributed by atoms with Crippen molar-refractivity contribution in [3.8, 4) is 0 Å². The topological polar surface area (TPSA) is 26.0 Å². The lowest BCUT2D eigenvalue weighted by molar-refractivity contribution is 0.283. The second-order valence-electron chi connectivity index (χ2n) is 8.31. The van der Waals surface area contributed by atoms with Gasteiger partial charge in [-0.25, -0.2) is 0 Å². The van der Waals surface area contributed by atoms with Crippen LogP contribution in [-0.4, -0.2) is 5.54 Å². The van der Waals surface area contributed by atoms with Gasteiger partial charge in [0.1, 0.15) is 0 Å². The Morgan fingerprint density at radius 3 is 1.25 bits per heavy atom. The van der Waals surface area contributed by atoms with Crippen LogP contribution in [0.25, 0.3) is 0 Å². The van der Waals surface area contributed by atoms with Gasteiger partial charge in [-0.3, -0.25) is 0 Å². The van der Waals surface area contributed by atoms with Crippen molar-refractivity contribution in [1.29, 1.82) is 0 Å². The molecule has 1 nitrogen and oxygen atoms in total. The predicted octanol–water partition coefficient (Wildman–Crippen LogP) is 8.20. The minimum absolute atomic E-state index is 0. The molecule has 1 atom stereocenters. The van der Waals surface area contributed by atoms with Gasteiger partial charge >= 0.3 is 0 Å². The fourth-order valence-electron chi connectivity index (χ4n) is 3.69. The third-order valence-electron chi connectivity index (χ3n) is 5.45. The van der Waals surface area contributed by atoms with E-state index in [1.165, 1.54) is 103 Å². The zero-order valence-corrected chi connectivity index (χ0v) is 19.1. The summed E-state index contributed by atoms with van der Waals surface area (Å²) in [5.41, 5.74) is 6.25. The summed E-state index contributed by atoms with van der Waals surface area (Å²) in [6.45, 7) is 8.94. The van der Waals surface area contributed by atoms with E-state index >= 15 is 0 Å². The highest BCUT2D eigenvalue weighted by atomic mass is 79.9. The smallest absolute Gasteiger partial charge is 0.0125 e. The Labute approximate surface area is 164 Å². The molecule has 0 aliphatic rings. The third-order valence-corrected chi connectivity index (χ3v) is 5.45. The Morgan fingerprint density at radius 2 is 0.958 bits per heavy atom. The highest BCUT2D eigenvalue weighted by molar-refractivity contribution is 8.93. The minimum atomic E-state index is 0. The average molecular weight is 407 g/mol. The molecule has 0 aliphatic carbocycles. The van der Waals surface area contributed by atoms with Gasteiger partial charge in [-0.15, -0.1) is 17.0 Å². The van der Waals surface area contributed by atoms with E-state index in [-0.39, 0.29) is 22.5 Å². The van der Waals surface area contributed by atoms with E-state index in [4.69, 9.17) is 5.73 Å². The Kier molecular flexibility index (Phi) is 20.3. The van der Waals surface area contributed by atoms with E-state index in [2.05, 4.69) is 27.7 Å². The molecule has 0 fully saturated rings. The van der Waals surface area contributed by atoms with Crippen molar-refractivity contribution in [2.45, 2.75) is 136 Å². The van der Waals surface area contributed by atoms with Gasteiger partial charge < -0.3 is 5.73 Å². The van der Waals surface area contributed by atoms with Gasteiger partial charge in [0.15, 0.2) is 0 Å². The molecule has 2 N–H and O–H groups in total. The van der Waals surface area contributed by atoms with Crippen LogP contribution in [0.4, 0.5) is 0 Å². The van der Waals surface area contributed by atoms with Crippen molar-refractivity contribution in [3.63, 3.8) is 0 Å². The molecule has 0 aromatic heterocycles. The van der Waals surface area contributed by atoms with E-state index in [0.29, 0.717) is 5.92 Å². The maximum Gasteiger partial charge on any atom is 0.0125 e.